The van der Waals surface area contributed by atoms with Crippen LogP contribution in [0.2, 0.25) is 0 Å². The van der Waals surface area contributed by atoms with Gasteiger partial charge in [0, 0.05) is 6.04 Å². The SMILES string of the molecule is CC1C(=O)NC(=O)N(C2Cc3ccccc3C2)C1=O. The van der Waals surface area contributed by atoms with Gasteiger partial charge in [0.25, 0.3) is 0 Å². The van der Waals surface area contributed by atoms with E-state index in [1.807, 2.05) is 24.3 Å². The highest BCUT2D eigenvalue weighted by Gasteiger charge is 2.42. The molecule has 0 radical (unpaired) electrons. The lowest BCUT2D eigenvalue weighted by molar-refractivity contribution is -0.143. The zero-order valence-electron chi connectivity index (χ0n) is 10.6. The van der Waals surface area contributed by atoms with E-state index < -0.39 is 23.8 Å². The second kappa shape index (κ2) is 4.19. The first-order valence-corrected chi connectivity index (χ1v) is 6.32. The van der Waals surface area contributed by atoms with Gasteiger partial charge in [0.2, 0.25) is 11.8 Å². The minimum Gasteiger partial charge on any atom is -0.277 e. The summed E-state index contributed by atoms with van der Waals surface area (Å²) in [6.45, 7) is 1.53. The molecule has 0 bridgehead atoms. The van der Waals surface area contributed by atoms with Crippen LogP contribution in [0.25, 0.3) is 0 Å². The topological polar surface area (TPSA) is 66.5 Å². The number of rotatable bonds is 1. The standard InChI is InChI=1S/C14H14N2O3/c1-8-12(17)15-14(19)16(13(8)18)11-6-9-4-2-3-5-10(9)7-11/h2-5,8,11H,6-7H2,1H3,(H,15,17,19). The van der Waals surface area contributed by atoms with Crippen molar-refractivity contribution in [2.24, 2.45) is 5.92 Å². The molecule has 2 aliphatic rings. The van der Waals surface area contributed by atoms with E-state index in [0.717, 1.165) is 11.1 Å². The molecule has 1 N–H and O–H groups in total. The van der Waals surface area contributed by atoms with Gasteiger partial charge in [-0.25, -0.2) is 4.79 Å². The van der Waals surface area contributed by atoms with E-state index in [0.29, 0.717) is 12.8 Å². The van der Waals surface area contributed by atoms with Crippen molar-refractivity contribution in [3.63, 3.8) is 0 Å². The van der Waals surface area contributed by atoms with Crippen LogP contribution in [0.1, 0.15) is 18.1 Å². The predicted octanol–water partition coefficient (Wildman–Crippen LogP) is 0.868. The molecule has 4 amide bonds. The molecule has 0 saturated carbocycles. The fraction of sp³-hybridized carbons (Fsp3) is 0.357. The maximum atomic E-state index is 12.1. The van der Waals surface area contributed by atoms with Crippen molar-refractivity contribution in [3.8, 4) is 0 Å². The van der Waals surface area contributed by atoms with Crippen LogP contribution in [-0.4, -0.2) is 28.8 Å². The summed E-state index contributed by atoms with van der Waals surface area (Å²) in [5.41, 5.74) is 2.33. The van der Waals surface area contributed by atoms with Gasteiger partial charge in [-0.15, -0.1) is 0 Å². The molecule has 0 spiro atoms. The van der Waals surface area contributed by atoms with Gasteiger partial charge in [-0.2, -0.15) is 0 Å². The first-order chi connectivity index (χ1) is 9.08. The van der Waals surface area contributed by atoms with Crippen LogP contribution in [0.4, 0.5) is 4.79 Å². The highest BCUT2D eigenvalue weighted by molar-refractivity contribution is 6.16. The van der Waals surface area contributed by atoms with Gasteiger partial charge in [0.05, 0.1) is 0 Å². The van der Waals surface area contributed by atoms with Gasteiger partial charge in [0.1, 0.15) is 5.92 Å². The summed E-state index contributed by atoms with van der Waals surface area (Å²) in [6.07, 6.45) is 1.33. The van der Waals surface area contributed by atoms with E-state index >= 15 is 0 Å². The maximum absolute atomic E-state index is 12.1. The molecule has 19 heavy (non-hydrogen) atoms. The van der Waals surface area contributed by atoms with Crippen LogP contribution in [0.5, 0.6) is 0 Å². The molecule has 5 heteroatoms. The molecule has 5 nitrogen and oxygen atoms in total. The van der Waals surface area contributed by atoms with Crippen molar-refractivity contribution in [2.45, 2.75) is 25.8 Å². The van der Waals surface area contributed by atoms with E-state index in [9.17, 15) is 14.4 Å². The number of hydrogen-bond donors (Lipinski definition) is 1. The lowest BCUT2D eigenvalue weighted by Crippen LogP contribution is -2.60. The van der Waals surface area contributed by atoms with Crippen molar-refractivity contribution in [1.29, 1.82) is 0 Å². The Labute approximate surface area is 110 Å². The third-order valence-electron chi connectivity index (χ3n) is 3.84. The molecule has 1 aliphatic heterocycles. The molecule has 98 valence electrons. The number of barbiturate groups is 1. The summed E-state index contributed by atoms with van der Waals surface area (Å²) >= 11 is 0. The van der Waals surface area contributed by atoms with Gasteiger partial charge in [0.15, 0.2) is 0 Å². The first kappa shape index (κ1) is 11.9. The minimum absolute atomic E-state index is 0.180. The average molecular weight is 258 g/mol. The number of carbonyl (C=O) groups is 3. The molecule has 1 saturated heterocycles. The zero-order valence-corrected chi connectivity index (χ0v) is 10.6. The Balaban J connectivity index is 1.86. The highest BCUT2D eigenvalue weighted by atomic mass is 16.2. The van der Waals surface area contributed by atoms with Gasteiger partial charge in [-0.3, -0.25) is 19.8 Å². The third kappa shape index (κ3) is 1.82. The minimum atomic E-state index is -0.790. The Kier molecular flexibility index (Phi) is 2.62. The van der Waals surface area contributed by atoms with E-state index in [-0.39, 0.29) is 6.04 Å². The first-order valence-electron chi connectivity index (χ1n) is 6.32. The Hall–Kier alpha value is -2.17. The Morgan fingerprint density at radius 1 is 1.11 bits per heavy atom. The summed E-state index contributed by atoms with van der Waals surface area (Å²) < 4.78 is 0. The highest BCUT2D eigenvalue weighted by Crippen LogP contribution is 2.27. The molecular formula is C14H14N2O3. The summed E-state index contributed by atoms with van der Waals surface area (Å²) in [4.78, 5) is 36.6. The van der Waals surface area contributed by atoms with Crippen molar-refractivity contribution < 1.29 is 14.4 Å². The molecule has 1 aromatic carbocycles. The number of imide groups is 2. The second-order valence-corrected chi connectivity index (χ2v) is 5.06. The molecule has 1 fully saturated rings. The molecule has 1 aromatic rings. The number of amides is 4. The largest absolute Gasteiger partial charge is 0.331 e. The van der Waals surface area contributed by atoms with E-state index in [4.69, 9.17) is 0 Å². The molecule has 1 atom stereocenters. The number of fused-ring (bicyclic) bond motifs is 1. The summed E-state index contributed by atoms with van der Waals surface area (Å²) in [6, 6.07) is 7.15. The number of carbonyl (C=O) groups excluding carboxylic acids is 3. The number of urea groups is 1. The van der Waals surface area contributed by atoms with Crippen LogP contribution in [-0.2, 0) is 22.4 Å². The predicted molar refractivity (Wildman–Crippen MR) is 67.2 cm³/mol. The Bertz CT molecular complexity index is 557. The van der Waals surface area contributed by atoms with Crippen LogP contribution in [0.15, 0.2) is 24.3 Å². The molecule has 1 unspecified atom stereocenters. The van der Waals surface area contributed by atoms with E-state index in [1.54, 1.807) is 0 Å². The van der Waals surface area contributed by atoms with Crippen LogP contribution < -0.4 is 5.32 Å². The normalized spacial score (nSPS) is 23.5. The molecule has 0 aromatic heterocycles. The van der Waals surface area contributed by atoms with Crippen LogP contribution in [0.3, 0.4) is 0 Å². The molecule has 1 heterocycles. The lowest BCUT2D eigenvalue weighted by Gasteiger charge is -2.32. The van der Waals surface area contributed by atoms with E-state index in [1.165, 1.54) is 11.8 Å². The molecular weight excluding hydrogens is 244 g/mol. The van der Waals surface area contributed by atoms with E-state index in [2.05, 4.69) is 5.32 Å². The quantitative estimate of drug-likeness (QED) is 0.760. The fourth-order valence-electron chi connectivity index (χ4n) is 2.76. The third-order valence-corrected chi connectivity index (χ3v) is 3.84. The molecule has 1 aliphatic carbocycles. The Morgan fingerprint density at radius 3 is 2.26 bits per heavy atom. The van der Waals surface area contributed by atoms with Crippen molar-refractivity contribution in [1.82, 2.24) is 10.2 Å². The second-order valence-electron chi connectivity index (χ2n) is 5.06. The van der Waals surface area contributed by atoms with Gasteiger partial charge < -0.3 is 0 Å². The maximum Gasteiger partial charge on any atom is 0.331 e. The fourth-order valence-corrected chi connectivity index (χ4v) is 2.76. The lowest BCUT2D eigenvalue weighted by atomic mass is 10.0. The summed E-state index contributed by atoms with van der Waals surface area (Å²) in [7, 11) is 0. The van der Waals surface area contributed by atoms with Gasteiger partial charge in [-0.1, -0.05) is 24.3 Å². The van der Waals surface area contributed by atoms with Crippen LogP contribution in [0, 0.1) is 5.92 Å². The number of nitrogens with one attached hydrogen (secondary N) is 1. The smallest absolute Gasteiger partial charge is 0.277 e. The average Bonchev–Trinajstić information content (AvgIpc) is 2.79. The van der Waals surface area contributed by atoms with Crippen LogP contribution >= 0.6 is 0 Å². The Morgan fingerprint density at radius 2 is 1.68 bits per heavy atom. The number of hydrogen-bond acceptors (Lipinski definition) is 3. The van der Waals surface area contributed by atoms with Gasteiger partial charge >= 0.3 is 6.03 Å². The van der Waals surface area contributed by atoms with Crippen molar-refractivity contribution >= 4 is 17.8 Å². The summed E-state index contributed by atoms with van der Waals surface area (Å²) in [5, 5.41) is 2.24. The monoisotopic (exact) mass is 258 g/mol. The van der Waals surface area contributed by atoms with Crippen molar-refractivity contribution in [3.05, 3.63) is 35.4 Å². The zero-order chi connectivity index (χ0) is 13.6. The number of benzene rings is 1. The molecule has 3 rings (SSSR count). The van der Waals surface area contributed by atoms with Gasteiger partial charge in [-0.05, 0) is 30.9 Å². The summed E-state index contributed by atoms with van der Waals surface area (Å²) in [5.74, 6) is -1.70. The number of nitrogens with zero attached hydrogens (tertiary/aromatic N) is 1. The van der Waals surface area contributed by atoms with Crippen molar-refractivity contribution in [2.75, 3.05) is 0 Å².